The van der Waals surface area contributed by atoms with E-state index in [9.17, 15) is 4.79 Å². The second-order valence-corrected chi connectivity index (χ2v) is 4.27. The molecule has 19 heavy (non-hydrogen) atoms. The third kappa shape index (κ3) is 9.62. The van der Waals surface area contributed by atoms with Gasteiger partial charge in [-0.05, 0) is 51.2 Å². The normalized spacial score (nSPS) is 12.5. The van der Waals surface area contributed by atoms with Crippen LogP contribution in [-0.2, 0) is 14.3 Å². The minimum absolute atomic E-state index is 0.211. The number of unbranched alkanes of at least 4 members (excludes halogenated alkanes) is 2. The number of carbonyl (C=O) groups excluding carboxylic acids is 1. The van der Waals surface area contributed by atoms with E-state index in [1.165, 1.54) is 5.57 Å². The van der Waals surface area contributed by atoms with E-state index in [4.69, 9.17) is 9.47 Å². The molecule has 0 aliphatic carbocycles. The molecule has 0 bridgehead atoms. The van der Waals surface area contributed by atoms with Crippen molar-refractivity contribution in [2.45, 2.75) is 59.2 Å². The van der Waals surface area contributed by atoms with Crippen molar-refractivity contribution in [1.82, 2.24) is 0 Å². The van der Waals surface area contributed by atoms with Crippen molar-refractivity contribution >= 4 is 6.29 Å². The molecule has 0 saturated carbocycles. The number of aldehydes is 1. The van der Waals surface area contributed by atoms with Crippen LogP contribution in [0.4, 0.5) is 0 Å². The number of hydrogen-bond acceptors (Lipinski definition) is 3. The van der Waals surface area contributed by atoms with Gasteiger partial charge in [-0.15, -0.1) is 0 Å². The van der Waals surface area contributed by atoms with Gasteiger partial charge >= 0.3 is 0 Å². The fourth-order valence-electron chi connectivity index (χ4n) is 1.79. The third-order valence-electron chi connectivity index (χ3n) is 2.68. The summed E-state index contributed by atoms with van der Waals surface area (Å²) in [6.07, 6.45) is 11.3. The van der Waals surface area contributed by atoms with Crippen LogP contribution in [0.2, 0.25) is 0 Å². The van der Waals surface area contributed by atoms with Crippen molar-refractivity contribution < 1.29 is 14.3 Å². The molecule has 0 aromatic rings. The summed E-state index contributed by atoms with van der Waals surface area (Å²) in [5, 5.41) is 0. The highest BCUT2D eigenvalue weighted by atomic mass is 16.7. The first-order chi connectivity index (χ1) is 9.29. The Kier molecular flexibility index (Phi) is 12.8. The molecule has 0 amide bonds. The van der Waals surface area contributed by atoms with Crippen LogP contribution in [0, 0.1) is 0 Å². The molecule has 0 aliphatic heterocycles. The van der Waals surface area contributed by atoms with Gasteiger partial charge in [-0.3, -0.25) is 4.79 Å². The average molecular weight is 268 g/mol. The minimum Gasteiger partial charge on any atom is -0.349 e. The van der Waals surface area contributed by atoms with Crippen molar-refractivity contribution in [3.63, 3.8) is 0 Å². The molecule has 0 aromatic carbocycles. The molecular weight excluding hydrogens is 240 g/mol. The zero-order valence-corrected chi connectivity index (χ0v) is 12.6. The maximum Gasteiger partial charge on any atom is 0.179 e. The monoisotopic (exact) mass is 268 g/mol. The molecular formula is C16H28O3. The molecule has 0 unspecified atom stereocenters. The van der Waals surface area contributed by atoms with Gasteiger partial charge in [0.1, 0.15) is 6.29 Å². The van der Waals surface area contributed by atoms with Gasteiger partial charge in [0, 0.05) is 13.2 Å². The quantitative estimate of drug-likeness (QED) is 0.176. The van der Waals surface area contributed by atoms with Gasteiger partial charge in [0.25, 0.3) is 0 Å². The largest absolute Gasteiger partial charge is 0.349 e. The smallest absolute Gasteiger partial charge is 0.179 e. The topological polar surface area (TPSA) is 35.5 Å². The molecule has 0 atom stereocenters. The van der Waals surface area contributed by atoms with Crippen LogP contribution in [0.3, 0.4) is 0 Å². The molecule has 3 heteroatoms. The van der Waals surface area contributed by atoms with Crippen LogP contribution < -0.4 is 0 Å². The zero-order valence-electron chi connectivity index (χ0n) is 12.6. The summed E-state index contributed by atoms with van der Waals surface area (Å²) >= 11 is 0. The van der Waals surface area contributed by atoms with Gasteiger partial charge in [-0.1, -0.05) is 25.5 Å². The van der Waals surface area contributed by atoms with Crippen molar-refractivity contribution in [3.8, 4) is 0 Å². The first-order valence-corrected chi connectivity index (χ1v) is 7.32. The molecule has 0 aliphatic rings. The molecule has 0 aromatic heterocycles. The Labute approximate surface area is 117 Å². The van der Waals surface area contributed by atoms with E-state index in [-0.39, 0.29) is 6.29 Å². The molecule has 110 valence electrons. The summed E-state index contributed by atoms with van der Waals surface area (Å²) in [6.45, 7) is 7.43. The van der Waals surface area contributed by atoms with Crippen molar-refractivity contribution in [1.29, 1.82) is 0 Å². The minimum atomic E-state index is -0.211. The van der Waals surface area contributed by atoms with Gasteiger partial charge < -0.3 is 9.47 Å². The molecule has 0 spiro atoms. The van der Waals surface area contributed by atoms with E-state index in [1.807, 2.05) is 19.9 Å². The van der Waals surface area contributed by atoms with E-state index in [1.54, 1.807) is 6.08 Å². The van der Waals surface area contributed by atoms with E-state index in [0.29, 0.717) is 13.2 Å². The van der Waals surface area contributed by atoms with Crippen LogP contribution >= 0.6 is 0 Å². The zero-order chi connectivity index (χ0) is 14.3. The molecule has 0 radical (unpaired) electrons. The highest BCUT2D eigenvalue weighted by molar-refractivity contribution is 5.64. The van der Waals surface area contributed by atoms with Gasteiger partial charge in [-0.2, -0.15) is 0 Å². The number of ether oxygens (including phenoxy) is 2. The Balaban J connectivity index is 4.40. The molecule has 3 nitrogen and oxygen atoms in total. The van der Waals surface area contributed by atoms with Crippen LogP contribution in [-0.4, -0.2) is 25.8 Å². The number of carbonyl (C=O) groups is 1. The number of hydrogen-bond donors (Lipinski definition) is 0. The number of rotatable bonds is 12. The second-order valence-electron chi connectivity index (χ2n) is 4.27. The number of allylic oxidation sites excluding steroid dienone is 3. The summed E-state index contributed by atoms with van der Waals surface area (Å²) in [5.74, 6) is 0. The van der Waals surface area contributed by atoms with Gasteiger partial charge in [0.15, 0.2) is 6.29 Å². The standard InChI is InChI=1S/C16H28O3/c1-4-7-12-15(13-10-8-9-11-14-17)16(18-5-2)19-6-3/h9,11-12,14,16H,4-8,10,13H2,1-3H3. The van der Waals surface area contributed by atoms with Crippen molar-refractivity contribution in [2.75, 3.05) is 13.2 Å². The predicted octanol–water partition coefficient (Wildman–Crippen LogP) is 4.04. The molecule has 0 N–H and O–H groups in total. The Hall–Kier alpha value is -0.930. The van der Waals surface area contributed by atoms with Gasteiger partial charge in [0.2, 0.25) is 0 Å². The third-order valence-corrected chi connectivity index (χ3v) is 2.68. The van der Waals surface area contributed by atoms with E-state index >= 15 is 0 Å². The Bertz CT molecular complexity index is 263. The maximum absolute atomic E-state index is 10.2. The van der Waals surface area contributed by atoms with Crippen molar-refractivity contribution in [2.24, 2.45) is 0 Å². The van der Waals surface area contributed by atoms with Crippen LogP contribution in [0.15, 0.2) is 23.8 Å². The summed E-state index contributed by atoms with van der Waals surface area (Å²) in [4.78, 5) is 10.2. The predicted molar refractivity (Wildman–Crippen MR) is 79.1 cm³/mol. The van der Waals surface area contributed by atoms with Gasteiger partial charge in [-0.25, -0.2) is 0 Å². The lowest BCUT2D eigenvalue weighted by atomic mass is 10.1. The SMILES string of the molecule is CCCC=C(CCCC=CC=O)C(OCC)OCC. The Morgan fingerprint density at radius 2 is 1.79 bits per heavy atom. The highest BCUT2D eigenvalue weighted by Gasteiger charge is 2.13. The first-order valence-electron chi connectivity index (χ1n) is 7.32. The summed E-state index contributed by atoms with van der Waals surface area (Å²) in [7, 11) is 0. The first kappa shape index (κ1) is 18.1. The fourth-order valence-corrected chi connectivity index (χ4v) is 1.79. The Morgan fingerprint density at radius 3 is 2.32 bits per heavy atom. The van der Waals surface area contributed by atoms with Crippen LogP contribution in [0.5, 0.6) is 0 Å². The lowest BCUT2D eigenvalue weighted by Crippen LogP contribution is -2.20. The molecule has 0 fully saturated rings. The lowest BCUT2D eigenvalue weighted by molar-refractivity contribution is -0.113. The fraction of sp³-hybridized carbons (Fsp3) is 0.688. The molecule has 0 rings (SSSR count). The summed E-state index contributed by atoms with van der Waals surface area (Å²) < 4.78 is 11.3. The van der Waals surface area contributed by atoms with Crippen molar-refractivity contribution in [3.05, 3.63) is 23.8 Å². The van der Waals surface area contributed by atoms with Gasteiger partial charge in [0.05, 0.1) is 0 Å². The lowest BCUT2D eigenvalue weighted by Gasteiger charge is -2.20. The Morgan fingerprint density at radius 1 is 1.11 bits per heavy atom. The molecule has 0 saturated heterocycles. The maximum atomic E-state index is 10.2. The van der Waals surface area contributed by atoms with E-state index in [2.05, 4.69) is 13.0 Å². The molecule has 0 heterocycles. The van der Waals surface area contributed by atoms with Crippen LogP contribution in [0.25, 0.3) is 0 Å². The van der Waals surface area contributed by atoms with Crippen LogP contribution in [0.1, 0.15) is 52.9 Å². The summed E-state index contributed by atoms with van der Waals surface area (Å²) in [6, 6.07) is 0. The van der Waals surface area contributed by atoms with E-state index < -0.39 is 0 Å². The highest BCUT2D eigenvalue weighted by Crippen LogP contribution is 2.18. The van der Waals surface area contributed by atoms with E-state index in [0.717, 1.165) is 38.4 Å². The summed E-state index contributed by atoms with van der Waals surface area (Å²) in [5.41, 5.74) is 1.23. The second kappa shape index (κ2) is 13.5. The average Bonchev–Trinajstić information content (AvgIpc) is 2.42.